The lowest BCUT2D eigenvalue weighted by Gasteiger charge is -2.46. The molecule has 2 aromatic rings. The van der Waals surface area contributed by atoms with Crippen molar-refractivity contribution in [2.24, 2.45) is 29.1 Å². The Labute approximate surface area is 151 Å². The zero-order valence-electron chi connectivity index (χ0n) is 15.4. The lowest BCUT2D eigenvalue weighted by atomic mass is 9.62. The fourth-order valence-corrected chi connectivity index (χ4v) is 5.51. The van der Waals surface area contributed by atoms with Crippen molar-refractivity contribution in [1.82, 2.24) is 0 Å². The second kappa shape index (κ2) is 6.17. The van der Waals surface area contributed by atoms with Gasteiger partial charge in [-0.3, -0.25) is 0 Å². The predicted molar refractivity (Wildman–Crippen MR) is 103 cm³/mol. The Balaban J connectivity index is 1.71. The topological polar surface area (TPSA) is 32.3 Å². The highest BCUT2D eigenvalue weighted by Crippen LogP contribution is 2.64. The third-order valence-electron chi connectivity index (χ3n) is 7.23. The number of anilines is 1. The van der Waals surface area contributed by atoms with Crippen molar-refractivity contribution < 1.29 is 5.11 Å². The Morgan fingerprint density at radius 1 is 1.00 bits per heavy atom. The van der Waals surface area contributed by atoms with Gasteiger partial charge in [-0.2, -0.15) is 0 Å². The molecule has 2 bridgehead atoms. The van der Waals surface area contributed by atoms with Gasteiger partial charge in [-0.25, -0.2) is 0 Å². The second-order valence-electron chi connectivity index (χ2n) is 8.58. The molecule has 2 aliphatic rings. The zero-order valence-corrected chi connectivity index (χ0v) is 15.4. The normalized spacial score (nSPS) is 34.0. The predicted octanol–water partition coefficient (Wildman–Crippen LogP) is 5.13. The molecule has 2 N–H and O–H groups in total. The Morgan fingerprint density at radius 2 is 1.60 bits per heavy atom. The van der Waals surface area contributed by atoms with E-state index in [-0.39, 0.29) is 23.5 Å². The molecule has 2 fully saturated rings. The van der Waals surface area contributed by atoms with Gasteiger partial charge in [0.1, 0.15) is 0 Å². The molecule has 2 aliphatic carbocycles. The molecule has 0 radical (unpaired) electrons. The van der Waals surface area contributed by atoms with Crippen molar-refractivity contribution >= 4 is 5.69 Å². The summed E-state index contributed by atoms with van der Waals surface area (Å²) in [6.07, 6.45) is 0.925. The minimum absolute atomic E-state index is 0.139. The Hall–Kier alpha value is -1.80. The summed E-state index contributed by atoms with van der Waals surface area (Å²) in [7, 11) is 0. The van der Waals surface area contributed by atoms with Crippen LogP contribution in [0.3, 0.4) is 0 Å². The van der Waals surface area contributed by atoms with Crippen molar-refractivity contribution in [1.29, 1.82) is 0 Å². The number of rotatable bonds is 4. The lowest BCUT2D eigenvalue weighted by molar-refractivity contribution is -0.0332. The fraction of sp³-hybridized carbons (Fsp3) is 0.478. The first-order valence-corrected chi connectivity index (χ1v) is 9.54. The molecule has 0 spiro atoms. The maximum Gasteiger partial charge on any atom is 0.0625 e. The molecular formula is C23H29NO. The van der Waals surface area contributed by atoms with Crippen molar-refractivity contribution in [3.05, 3.63) is 66.2 Å². The van der Waals surface area contributed by atoms with E-state index in [1.807, 2.05) is 6.07 Å². The van der Waals surface area contributed by atoms with Crippen LogP contribution in [0.2, 0.25) is 0 Å². The zero-order chi connectivity index (χ0) is 17.6. The number of aliphatic hydroxyl groups excluding tert-OH is 1. The Kier molecular flexibility index (Phi) is 4.11. The minimum atomic E-state index is -0.227. The number of aliphatic hydroxyl groups is 1. The van der Waals surface area contributed by atoms with Crippen LogP contribution < -0.4 is 5.32 Å². The molecule has 2 aromatic carbocycles. The average molecular weight is 335 g/mol. The van der Waals surface area contributed by atoms with Crippen LogP contribution in [0.15, 0.2) is 60.7 Å². The van der Waals surface area contributed by atoms with E-state index in [1.54, 1.807) is 0 Å². The monoisotopic (exact) mass is 335 g/mol. The number of hydrogen-bond acceptors (Lipinski definition) is 2. The molecular weight excluding hydrogens is 306 g/mol. The van der Waals surface area contributed by atoms with Crippen molar-refractivity contribution in [3.63, 3.8) is 0 Å². The largest absolute Gasteiger partial charge is 0.392 e. The molecule has 0 amide bonds. The average Bonchev–Trinajstić information content (AvgIpc) is 3.08. The van der Waals surface area contributed by atoms with E-state index in [4.69, 9.17) is 0 Å². The van der Waals surface area contributed by atoms with Crippen molar-refractivity contribution in [2.45, 2.75) is 39.3 Å². The summed E-state index contributed by atoms with van der Waals surface area (Å²) in [5.74, 6) is 1.80. The van der Waals surface area contributed by atoms with Gasteiger partial charge in [-0.1, -0.05) is 69.3 Å². The van der Waals surface area contributed by atoms with Crippen molar-refractivity contribution in [3.8, 4) is 0 Å². The van der Waals surface area contributed by atoms with Crippen LogP contribution in [0.25, 0.3) is 0 Å². The Morgan fingerprint density at radius 3 is 2.20 bits per heavy atom. The molecule has 2 heteroatoms. The van der Waals surface area contributed by atoms with Crippen LogP contribution >= 0.6 is 0 Å². The van der Waals surface area contributed by atoms with E-state index >= 15 is 0 Å². The van der Waals surface area contributed by atoms with Gasteiger partial charge in [0.05, 0.1) is 12.1 Å². The van der Waals surface area contributed by atoms with Crippen LogP contribution in [0.4, 0.5) is 5.69 Å². The van der Waals surface area contributed by atoms with E-state index in [0.717, 1.165) is 12.1 Å². The number of hydrogen-bond donors (Lipinski definition) is 2. The highest BCUT2D eigenvalue weighted by atomic mass is 16.3. The molecule has 132 valence electrons. The summed E-state index contributed by atoms with van der Waals surface area (Å²) in [6.45, 7) is 7.11. The molecule has 2 nitrogen and oxygen atoms in total. The number of benzene rings is 2. The Bertz CT molecular complexity index is 711. The van der Waals surface area contributed by atoms with Crippen LogP contribution in [-0.2, 0) is 0 Å². The van der Waals surface area contributed by atoms with Crippen LogP contribution in [0.1, 0.15) is 38.8 Å². The maximum absolute atomic E-state index is 11.2. The van der Waals surface area contributed by atoms with E-state index in [0.29, 0.717) is 17.8 Å². The summed E-state index contributed by atoms with van der Waals surface area (Å²) in [5.41, 5.74) is 2.67. The summed E-state index contributed by atoms with van der Waals surface area (Å²) in [5, 5.41) is 14.9. The highest BCUT2D eigenvalue weighted by Gasteiger charge is 2.61. The fourth-order valence-electron chi connectivity index (χ4n) is 5.51. The molecule has 0 aliphatic heterocycles. The first-order valence-electron chi connectivity index (χ1n) is 9.54. The highest BCUT2D eigenvalue weighted by molar-refractivity contribution is 5.46. The molecule has 0 heterocycles. The third kappa shape index (κ3) is 2.67. The van der Waals surface area contributed by atoms with Crippen LogP contribution in [-0.4, -0.2) is 11.2 Å². The summed E-state index contributed by atoms with van der Waals surface area (Å²) in [4.78, 5) is 0. The van der Waals surface area contributed by atoms with Gasteiger partial charge in [0, 0.05) is 11.6 Å². The van der Waals surface area contributed by atoms with E-state index in [2.05, 4.69) is 80.7 Å². The molecule has 0 unspecified atom stereocenters. The van der Waals surface area contributed by atoms with Gasteiger partial charge in [0.25, 0.3) is 0 Å². The second-order valence-corrected chi connectivity index (χ2v) is 8.58. The molecule has 6 atom stereocenters. The van der Waals surface area contributed by atoms with Gasteiger partial charge >= 0.3 is 0 Å². The minimum Gasteiger partial charge on any atom is -0.392 e. The number of nitrogens with one attached hydrogen (secondary N) is 1. The van der Waals surface area contributed by atoms with E-state index in [1.165, 1.54) is 5.56 Å². The first kappa shape index (κ1) is 16.7. The van der Waals surface area contributed by atoms with Gasteiger partial charge in [-0.05, 0) is 47.3 Å². The van der Waals surface area contributed by atoms with E-state index in [9.17, 15) is 5.11 Å². The van der Waals surface area contributed by atoms with Crippen LogP contribution in [0.5, 0.6) is 0 Å². The van der Waals surface area contributed by atoms with Gasteiger partial charge in [0.15, 0.2) is 0 Å². The van der Waals surface area contributed by atoms with Gasteiger partial charge in [0.2, 0.25) is 0 Å². The summed E-state index contributed by atoms with van der Waals surface area (Å²) < 4.78 is 0. The van der Waals surface area contributed by atoms with Crippen LogP contribution in [0, 0.1) is 29.1 Å². The molecule has 0 aromatic heterocycles. The van der Waals surface area contributed by atoms with Crippen molar-refractivity contribution in [2.75, 3.05) is 5.32 Å². The van der Waals surface area contributed by atoms with E-state index < -0.39 is 0 Å². The summed E-state index contributed by atoms with van der Waals surface area (Å²) >= 11 is 0. The molecule has 2 saturated carbocycles. The lowest BCUT2D eigenvalue weighted by Crippen LogP contribution is -2.46. The number of para-hydroxylation sites is 1. The molecule has 0 saturated heterocycles. The third-order valence-corrected chi connectivity index (χ3v) is 7.23. The quantitative estimate of drug-likeness (QED) is 0.812. The molecule has 4 rings (SSSR count). The van der Waals surface area contributed by atoms with Gasteiger partial charge in [-0.15, -0.1) is 0 Å². The first-order chi connectivity index (χ1) is 12.0. The maximum atomic E-state index is 11.2. The smallest absolute Gasteiger partial charge is 0.0625 e. The number of fused-ring (bicyclic) bond motifs is 2. The SMILES string of the molecule is C[C@@H]1[C@H]2C[C@@H]([C@H]([C@@H](Nc3ccccc3)c3ccccc3)[C@H]2O)C1(C)C. The van der Waals surface area contributed by atoms with Gasteiger partial charge < -0.3 is 10.4 Å². The molecule has 25 heavy (non-hydrogen) atoms. The standard InChI is InChI=1S/C23H29NO/c1-15-18-14-19(23(15,2)3)20(22(18)25)21(16-10-6-4-7-11-16)24-17-12-8-5-9-13-17/h4-13,15,18-22,24-25H,14H2,1-3H3/t15-,18-,19+,20-,21+,22+/m1/s1. The summed E-state index contributed by atoms with van der Waals surface area (Å²) in [6, 6.07) is 21.2.